The van der Waals surface area contributed by atoms with Gasteiger partial charge in [0.05, 0.1) is 14.2 Å². The van der Waals surface area contributed by atoms with E-state index < -0.39 is 0 Å². The molecule has 6 heteroatoms. The predicted molar refractivity (Wildman–Crippen MR) is 106 cm³/mol. The van der Waals surface area contributed by atoms with E-state index >= 15 is 0 Å². The van der Waals surface area contributed by atoms with E-state index in [-0.39, 0.29) is 12.5 Å². The lowest BCUT2D eigenvalue weighted by Crippen LogP contribution is -2.25. The maximum atomic E-state index is 11.9. The van der Waals surface area contributed by atoms with Gasteiger partial charge in [0.15, 0.2) is 18.1 Å². The van der Waals surface area contributed by atoms with Gasteiger partial charge in [-0.2, -0.15) is 5.10 Å². The molecule has 0 spiro atoms. The monoisotopic (exact) mass is 370 g/mol. The summed E-state index contributed by atoms with van der Waals surface area (Å²) < 4.78 is 16.0. The van der Waals surface area contributed by atoms with Gasteiger partial charge in [0.1, 0.15) is 5.75 Å². The molecule has 2 aromatic rings. The molecule has 0 saturated carbocycles. The van der Waals surface area contributed by atoms with Crippen LogP contribution in [-0.4, -0.2) is 32.4 Å². The fraction of sp³-hybridized carbons (Fsp3) is 0.333. The molecule has 0 radical (unpaired) electrons. The molecule has 2 rings (SSSR count). The molecular formula is C21H26N2O4. The third-order valence-electron chi connectivity index (χ3n) is 4.13. The van der Waals surface area contributed by atoms with Crippen molar-refractivity contribution in [2.75, 3.05) is 20.8 Å². The quantitative estimate of drug-likeness (QED) is 0.571. The van der Waals surface area contributed by atoms with E-state index in [2.05, 4.69) is 10.5 Å². The van der Waals surface area contributed by atoms with Crippen molar-refractivity contribution in [3.05, 3.63) is 53.1 Å². The van der Waals surface area contributed by atoms with Crippen LogP contribution in [0.4, 0.5) is 0 Å². The number of methoxy groups -OCH3 is 2. The first-order chi connectivity index (χ1) is 12.9. The highest BCUT2D eigenvalue weighted by Gasteiger charge is 2.07. The van der Waals surface area contributed by atoms with Gasteiger partial charge in [-0.1, -0.05) is 12.1 Å². The zero-order valence-electron chi connectivity index (χ0n) is 16.5. The molecule has 0 aliphatic heterocycles. The molecule has 6 nitrogen and oxygen atoms in total. The summed E-state index contributed by atoms with van der Waals surface area (Å²) >= 11 is 0. The average molecular weight is 370 g/mol. The molecule has 0 fully saturated rings. The van der Waals surface area contributed by atoms with Crippen LogP contribution < -0.4 is 19.6 Å². The van der Waals surface area contributed by atoms with Crippen molar-refractivity contribution in [1.29, 1.82) is 0 Å². The lowest BCUT2D eigenvalue weighted by Gasteiger charge is -2.10. The number of hydrogen-bond acceptors (Lipinski definition) is 5. The average Bonchev–Trinajstić information content (AvgIpc) is 2.67. The Kier molecular flexibility index (Phi) is 7.23. The van der Waals surface area contributed by atoms with Crippen molar-refractivity contribution >= 4 is 11.6 Å². The van der Waals surface area contributed by atoms with Crippen LogP contribution >= 0.6 is 0 Å². The Hall–Kier alpha value is -3.02. The first-order valence-corrected chi connectivity index (χ1v) is 8.66. The minimum absolute atomic E-state index is 0.0877. The molecule has 0 bridgehead atoms. The van der Waals surface area contributed by atoms with Crippen molar-refractivity contribution in [2.45, 2.75) is 27.2 Å². The van der Waals surface area contributed by atoms with Crippen molar-refractivity contribution in [1.82, 2.24) is 5.43 Å². The third-order valence-corrected chi connectivity index (χ3v) is 4.13. The molecule has 1 amide bonds. The van der Waals surface area contributed by atoms with Gasteiger partial charge in [-0.25, -0.2) is 5.43 Å². The van der Waals surface area contributed by atoms with Gasteiger partial charge in [-0.15, -0.1) is 0 Å². The summed E-state index contributed by atoms with van der Waals surface area (Å²) in [5.41, 5.74) is 6.60. The van der Waals surface area contributed by atoms with Crippen LogP contribution in [0.15, 0.2) is 41.5 Å². The van der Waals surface area contributed by atoms with Crippen molar-refractivity contribution in [3.8, 4) is 17.2 Å². The topological polar surface area (TPSA) is 69.2 Å². The number of ether oxygens (including phenoxy) is 3. The van der Waals surface area contributed by atoms with Gasteiger partial charge in [0.25, 0.3) is 5.91 Å². The number of hydrazone groups is 1. The van der Waals surface area contributed by atoms with Gasteiger partial charge in [-0.05, 0) is 61.7 Å². The standard InChI is InChI=1S/C21H26N2O4/c1-14-6-8-18(10-15(14)2)27-13-21(24)23-22-16(3)11-17-7-9-19(25-4)20(12-17)26-5/h6-10,12H,11,13H2,1-5H3,(H,23,24)/b22-16-. The minimum atomic E-state index is -0.306. The van der Waals surface area contributed by atoms with E-state index in [4.69, 9.17) is 14.2 Å². The maximum Gasteiger partial charge on any atom is 0.277 e. The molecule has 0 aliphatic rings. The molecular weight excluding hydrogens is 344 g/mol. The van der Waals surface area contributed by atoms with Crippen LogP contribution in [0.3, 0.4) is 0 Å². The fourth-order valence-electron chi connectivity index (χ4n) is 2.47. The van der Waals surface area contributed by atoms with E-state index in [0.29, 0.717) is 23.7 Å². The highest BCUT2D eigenvalue weighted by molar-refractivity contribution is 5.86. The molecule has 27 heavy (non-hydrogen) atoms. The van der Waals surface area contributed by atoms with Crippen LogP contribution in [0.2, 0.25) is 0 Å². The molecule has 0 aliphatic carbocycles. The van der Waals surface area contributed by atoms with E-state index in [1.807, 2.05) is 57.2 Å². The number of nitrogens with zero attached hydrogens (tertiary/aromatic N) is 1. The highest BCUT2D eigenvalue weighted by Crippen LogP contribution is 2.27. The predicted octanol–water partition coefficient (Wildman–Crippen LogP) is 3.43. The number of aryl methyl sites for hydroxylation is 2. The number of nitrogens with one attached hydrogen (secondary N) is 1. The molecule has 144 valence electrons. The SMILES string of the molecule is COc1ccc(C/C(C)=N\NC(=O)COc2ccc(C)c(C)c2)cc1OC. The molecule has 2 aromatic carbocycles. The summed E-state index contributed by atoms with van der Waals surface area (Å²) in [5, 5.41) is 4.13. The second-order valence-electron chi connectivity index (χ2n) is 6.28. The number of hydrogen-bond donors (Lipinski definition) is 1. The van der Waals surface area contributed by atoms with Crippen LogP contribution in [0.1, 0.15) is 23.6 Å². The minimum Gasteiger partial charge on any atom is -0.493 e. The van der Waals surface area contributed by atoms with Crippen molar-refractivity contribution in [2.24, 2.45) is 5.10 Å². The second-order valence-corrected chi connectivity index (χ2v) is 6.28. The van der Waals surface area contributed by atoms with E-state index in [1.165, 1.54) is 5.56 Å². The zero-order chi connectivity index (χ0) is 19.8. The summed E-state index contributed by atoms with van der Waals surface area (Å²) in [4.78, 5) is 11.9. The number of carbonyl (C=O) groups is 1. The van der Waals surface area contributed by atoms with Gasteiger partial charge in [0.2, 0.25) is 0 Å². The summed E-state index contributed by atoms with van der Waals surface area (Å²) in [6.45, 7) is 5.79. The zero-order valence-corrected chi connectivity index (χ0v) is 16.5. The molecule has 0 heterocycles. The van der Waals surface area contributed by atoms with Gasteiger partial charge in [-0.3, -0.25) is 4.79 Å². The van der Waals surface area contributed by atoms with Gasteiger partial charge >= 0.3 is 0 Å². The summed E-state index contributed by atoms with van der Waals surface area (Å²) in [6.07, 6.45) is 0.582. The maximum absolute atomic E-state index is 11.9. The number of rotatable bonds is 8. The summed E-state index contributed by atoms with van der Waals surface area (Å²) in [5.74, 6) is 1.69. The van der Waals surface area contributed by atoms with Gasteiger partial charge < -0.3 is 14.2 Å². The Morgan fingerprint density at radius 3 is 2.41 bits per heavy atom. The Bertz CT molecular complexity index is 831. The fourth-order valence-corrected chi connectivity index (χ4v) is 2.47. The van der Waals surface area contributed by atoms with E-state index in [1.54, 1.807) is 14.2 Å². The molecule has 0 unspecified atom stereocenters. The Morgan fingerprint density at radius 2 is 1.74 bits per heavy atom. The molecule has 0 saturated heterocycles. The van der Waals surface area contributed by atoms with E-state index in [9.17, 15) is 4.79 Å². The van der Waals surface area contributed by atoms with E-state index in [0.717, 1.165) is 16.8 Å². The normalized spacial score (nSPS) is 11.1. The van der Waals surface area contributed by atoms with Crippen LogP contribution in [-0.2, 0) is 11.2 Å². The largest absolute Gasteiger partial charge is 0.493 e. The summed E-state index contributed by atoms with van der Waals surface area (Å²) in [7, 11) is 3.19. The Morgan fingerprint density at radius 1 is 1.00 bits per heavy atom. The van der Waals surface area contributed by atoms with Crippen molar-refractivity contribution < 1.29 is 19.0 Å². The molecule has 1 N–H and O–H groups in total. The summed E-state index contributed by atoms with van der Waals surface area (Å²) in [6, 6.07) is 11.4. The highest BCUT2D eigenvalue weighted by atomic mass is 16.5. The van der Waals surface area contributed by atoms with Crippen molar-refractivity contribution in [3.63, 3.8) is 0 Å². The number of benzene rings is 2. The second kappa shape index (κ2) is 9.62. The first-order valence-electron chi connectivity index (χ1n) is 8.66. The number of amides is 1. The number of carbonyl (C=O) groups excluding carboxylic acids is 1. The van der Waals surface area contributed by atoms with Crippen LogP contribution in [0.25, 0.3) is 0 Å². The Labute approximate surface area is 160 Å². The van der Waals surface area contributed by atoms with Crippen LogP contribution in [0, 0.1) is 13.8 Å². The smallest absolute Gasteiger partial charge is 0.277 e. The Balaban J connectivity index is 1.87. The lowest BCUT2D eigenvalue weighted by atomic mass is 10.1. The first kappa shape index (κ1) is 20.3. The lowest BCUT2D eigenvalue weighted by molar-refractivity contribution is -0.123. The molecule has 0 atom stereocenters. The van der Waals surface area contributed by atoms with Crippen LogP contribution in [0.5, 0.6) is 17.2 Å². The third kappa shape index (κ3) is 6.02. The molecule has 0 aromatic heterocycles. The van der Waals surface area contributed by atoms with Gasteiger partial charge in [0, 0.05) is 12.1 Å².